The van der Waals surface area contributed by atoms with E-state index in [1.807, 2.05) is 0 Å². The number of non-ortho nitro benzene ring substituents is 1. The summed E-state index contributed by atoms with van der Waals surface area (Å²) in [6.45, 7) is 1.52. The molecule has 11 heteroatoms. The Hall–Kier alpha value is -4.25. The quantitative estimate of drug-likeness (QED) is 0.139. The summed E-state index contributed by atoms with van der Waals surface area (Å²) in [4.78, 5) is 34.8. The van der Waals surface area contributed by atoms with Gasteiger partial charge in [0.15, 0.2) is 17.6 Å². The Morgan fingerprint density at radius 2 is 1.83 bits per heavy atom. The fourth-order valence-electron chi connectivity index (χ4n) is 2.79. The normalized spacial score (nSPS) is 11.5. The molecule has 0 aliphatic rings. The Balaban J connectivity index is 1.58. The lowest BCUT2D eigenvalue weighted by Gasteiger charge is -2.12. The van der Waals surface area contributed by atoms with Gasteiger partial charge in [-0.25, -0.2) is 10.2 Å². The summed E-state index contributed by atoms with van der Waals surface area (Å²) in [6, 6.07) is 17.0. The van der Waals surface area contributed by atoms with Crippen LogP contribution in [0.25, 0.3) is 0 Å². The molecule has 35 heavy (non-hydrogen) atoms. The number of nitro groups is 1. The molecule has 0 bridgehead atoms. The first kappa shape index (κ1) is 25.4. The zero-order valence-electron chi connectivity index (χ0n) is 18.6. The topological polar surface area (TPSA) is 129 Å². The number of nitro benzene ring substituents is 1. The highest BCUT2D eigenvalue weighted by Gasteiger charge is 2.15. The number of esters is 1. The van der Waals surface area contributed by atoms with Gasteiger partial charge in [0, 0.05) is 16.6 Å². The summed E-state index contributed by atoms with van der Waals surface area (Å²) in [5.74, 6) is -0.228. The molecule has 0 fully saturated rings. The van der Waals surface area contributed by atoms with Crippen molar-refractivity contribution in [3.05, 3.63) is 92.4 Å². The minimum Gasteiger partial charge on any atom is -0.493 e. The van der Waals surface area contributed by atoms with Gasteiger partial charge < -0.3 is 14.2 Å². The van der Waals surface area contributed by atoms with Gasteiger partial charge in [0.2, 0.25) is 0 Å². The monoisotopic (exact) mass is 541 g/mol. The second kappa shape index (κ2) is 11.7. The number of amides is 1. The summed E-state index contributed by atoms with van der Waals surface area (Å²) in [5.41, 5.74) is 3.23. The molecule has 0 aromatic heterocycles. The zero-order valence-corrected chi connectivity index (χ0v) is 20.2. The molecule has 0 radical (unpaired) electrons. The lowest BCUT2D eigenvalue weighted by Crippen LogP contribution is -2.33. The molecule has 0 aliphatic heterocycles. The number of halogens is 1. The smallest absolute Gasteiger partial charge is 0.343 e. The second-order valence-corrected chi connectivity index (χ2v) is 7.97. The second-order valence-electron chi connectivity index (χ2n) is 7.06. The van der Waals surface area contributed by atoms with Crippen LogP contribution in [0.15, 0.2) is 76.3 Å². The van der Waals surface area contributed by atoms with Gasteiger partial charge in [0.25, 0.3) is 11.6 Å². The van der Waals surface area contributed by atoms with Crippen LogP contribution in [0.2, 0.25) is 0 Å². The minimum absolute atomic E-state index is 0.0802. The standard InChI is InChI=1S/C24H20BrN3O7/c1-15(34-20-9-7-19(8-10-20)28(31)32)23(29)27-26-14-16-6-11-21(22(12-16)33-2)35-24(30)17-4-3-5-18(25)13-17/h3-15H,1-2H3,(H,27,29)/b26-14-/t15-/m0/s1. The van der Waals surface area contributed by atoms with E-state index in [-0.39, 0.29) is 11.4 Å². The molecule has 1 N–H and O–H groups in total. The van der Waals surface area contributed by atoms with Gasteiger partial charge in [-0.05, 0) is 61.0 Å². The van der Waals surface area contributed by atoms with Crippen LogP contribution in [0.1, 0.15) is 22.8 Å². The van der Waals surface area contributed by atoms with Gasteiger partial charge in [-0.2, -0.15) is 5.10 Å². The molecule has 0 saturated carbocycles. The van der Waals surface area contributed by atoms with Crippen LogP contribution in [-0.4, -0.2) is 36.2 Å². The van der Waals surface area contributed by atoms with Gasteiger partial charge in [-0.1, -0.05) is 22.0 Å². The van der Waals surface area contributed by atoms with Gasteiger partial charge in [0.05, 0.1) is 23.8 Å². The summed E-state index contributed by atoms with van der Waals surface area (Å²) >= 11 is 3.31. The predicted molar refractivity (Wildman–Crippen MR) is 131 cm³/mol. The Labute approximate surface area is 208 Å². The fourth-order valence-corrected chi connectivity index (χ4v) is 3.19. The number of ether oxygens (including phenoxy) is 3. The maximum Gasteiger partial charge on any atom is 0.343 e. The maximum absolute atomic E-state index is 12.4. The van der Waals surface area contributed by atoms with E-state index in [1.165, 1.54) is 44.5 Å². The predicted octanol–water partition coefficient (Wildman–Crippen LogP) is 4.50. The van der Waals surface area contributed by atoms with Gasteiger partial charge in [0.1, 0.15) is 5.75 Å². The van der Waals surface area contributed by atoms with Crippen LogP contribution in [0.3, 0.4) is 0 Å². The third-order valence-corrected chi connectivity index (χ3v) is 5.06. The first-order valence-corrected chi connectivity index (χ1v) is 11.0. The molecule has 3 rings (SSSR count). The van der Waals surface area contributed by atoms with Crippen LogP contribution in [0.4, 0.5) is 5.69 Å². The molecule has 0 unspecified atom stereocenters. The number of nitrogens with zero attached hydrogens (tertiary/aromatic N) is 2. The van der Waals surface area contributed by atoms with Crippen LogP contribution in [-0.2, 0) is 4.79 Å². The highest BCUT2D eigenvalue weighted by Crippen LogP contribution is 2.28. The fraction of sp³-hybridized carbons (Fsp3) is 0.125. The number of nitrogens with one attached hydrogen (secondary N) is 1. The molecule has 0 aliphatic carbocycles. The van der Waals surface area contributed by atoms with E-state index in [0.29, 0.717) is 22.6 Å². The molecule has 3 aromatic carbocycles. The van der Waals surface area contributed by atoms with E-state index in [9.17, 15) is 19.7 Å². The molecular weight excluding hydrogens is 522 g/mol. The average Bonchev–Trinajstić information content (AvgIpc) is 2.85. The van der Waals surface area contributed by atoms with Crippen molar-refractivity contribution in [1.29, 1.82) is 0 Å². The van der Waals surface area contributed by atoms with Gasteiger partial charge in [-0.15, -0.1) is 0 Å². The van der Waals surface area contributed by atoms with Crippen LogP contribution in [0.5, 0.6) is 17.2 Å². The lowest BCUT2D eigenvalue weighted by atomic mass is 10.2. The number of hydrogen-bond donors (Lipinski definition) is 1. The molecule has 0 heterocycles. The molecule has 3 aromatic rings. The van der Waals surface area contributed by atoms with Crippen molar-refractivity contribution in [2.24, 2.45) is 5.10 Å². The molecule has 0 saturated heterocycles. The molecular formula is C24H20BrN3O7. The van der Waals surface area contributed by atoms with Crippen molar-refractivity contribution >= 4 is 39.7 Å². The van der Waals surface area contributed by atoms with Crippen molar-refractivity contribution in [3.8, 4) is 17.2 Å². The molecule has 180 valence electrons. The first-order chi connectivity index (χ1) is 16.8. The summed E-state index contributed by atoms with van der Waals surface area (Å²) < 4.78 is 17.0. The van der Waals surface area contributed by atoms with Crippen LogP contribution < -0.4 is 19.6 Å². The Morgan fingerprint density at radius 1 is 1.09 bits per heavy atom. The Kier molecular flexibility index (Phi) is 8.52. The number of hydrogen-bond acceptors (Lipinski definition) is 8. The highest BCUT2D eigenvalue weighted by atomic mass is 79.9. The molecule has 10 nitrogen and oxygen atoms in total. The maximum atomic E-state index is 12.4. The van der Waals surface area contributed by atoms with Crippen molar-refractivity contribution in [1.82, 2.24) is 5.43 Å². The van der Waals surface area contributed by atoms with Crippen LogP contribution in [0, 0.1) is 10.1 Å². The number of benzene rings is 3. The number of hydrazone groups is 1. The summed E-state index contributed by atoms with van der Waals surface area (Å²) in [7, 11) is 1.44. The minimum atomic E-state index is -0.900. The summed E-state index contributed by atoms with van der Waals surface area (Å²) in [5, 5.41) is 14.6. The van der Waals surface area contributed by atoms with E-state index in [2.05, 4.69) is 26.5 Å². The Morgan fingerprint density at radius 3 is 2.49 bits per heavy atom. The highest BCUT2D eigenvalue weighted by molar-refractivity contribution is 9.10. The van der Waals surface area contributed by atoms with Crippen molar-refractivity contribution in [2.45, 2.75) is 13.0 Å². The van der Waals surface area contributed by atoms with E-state index in [4.69, 9.17) is 14.2 Å². The van der Waals surface area contributed by atoms with E-state index in [0.717, 1.165) is 4.47 Å². The number of rotatable bonds is 9. The van der Waals surface area contributed by atoms with E-state index >= 15 is 0 Å². The SMILES string of the molecule is COc1cc(/C=N\NC(=O)[C@H](C)Oc2ccc([N+](=O)[O-])cc2)ccc1OC(=O)c1cccc(Br)c1. The molecule has 1 amide bonds. The summed E-state index contributed by atoms with van der Waals surface area (Å²) in [6.07, 6.45) is 0.488. The zero-order chi connectivity index (χ0) is 25.4. The third-order valence-electron chi connectivity index (χ3n) is 4.57. The average molecular weight is 542 g/mol. The van der Waals surface area contributed by atoms with Crippen molar-refractivity contribution in [2.75, 3.05) is 7.11 Å². The van der Waals surface area contributed by atoms with Crippen LogP contribution >= 0.6 is 15.9 Å². The number of carbonyl (C=O) groups excluding carboxylic acids is 2. The van der Waals surface area contributed by atoms with E-state index < -0.39 is 22.9 Å². The van der Waals surface area contributed by atoms with Gasteiger partial charge in [-0.3, -0.25) is 14.9 Å². The van der Waals surface area contributed by atoms with Gasteiger partial charge >= 0.3 is 5.97 Å². The van der Waals surface area contributed by atoms with Crippen molar-refractivity contribution in [3.63, 3.8) is 0 Å². The third kappa shape index (κ3) is 7.11. The largest absolute Gasteiger partial charge is 0.493 e. The van der Waals surface area contributed by atoms with Crippen molar-refractivity contribution < 1.29 is 28.7 Å². The van der Waals surface area contributed by atoms with E-state index in [1.54, 1.807) is 42.5 Å². The lowest BCUT2D eigenvalue weighted by molar-refractivity contribution is -0.384. The number of methoxy groups -OCH3 is 1. The number of carbonyl (C=O) groups is 2. The molecule has 1 atom stereocenters. The molecule has 0 spiro atoms. The first-order valence-electron chi connectivity index (χ1n) is 10.2. The Bertz CT molecular complexity index is 1260.